The Morgan fingerprint density at radius 2 is 1.53 bits per heavy atom. The Morgan fingerprint density at radius 3 is 2.13 bits per heavy atom. The van der Waals surface area contributed by atoms with Crippen molar-refractivity contribution >= 4 is 18.7 Å². The van der Waals surface area contributed by atoms with Gasteiger partial charge in [-0.1, -0.05) is 52.4 Å². The van der Waals surface area contributed by atoms with Crippen LogP contribution in [0.25, 0.3) is 0 Å². The summed E-state index contributed by atoms with van der Waals surface area (Å²) in [6, 6.07) is 1.11. The van der Waals surface area contributed by atoms with Gasteiger partial charge in [0, 0.05) is 6.61 Å². The molecular formula is C12H27ClOSi. The summed E-state index contributed by atoms with van der Waals surface area (Å²) < 4.78 is 5.71. The van der Waals surface area contributed by atoms with E-state index in [9.17, 15) is 0 Å². The van der Waals surface area contributed by atoms with Crippen LogP contribution in [0.5, 0.6) is 0 Å². The van der Waals surface area contributed by atoms with E-state index in [1.165, 1.54) is 38.5 Å². The second-order valence-electron chi connectivity index (χ2n) is 4.47. The van der Waals surface area contributed by atoms with Crippen molar-refractivity contribution < 1.29 is 4.43 Å². The average Bonchev–Trinajstić information content (AvgIpc) is 2.20. The lowest BCUT2D eigenvalue weighted by atomic mass is 10.1. The largest absolute Gasteiger partial charge is 0.403 e. The molecule has 3 heteroatoms. The number of hydrogen-bond acceptors (Lipinski definition) is 1. The van der Waals surface area contributed by atoms with Crippen LogP contribution in [0, 0.1) is 0 Å². The van der Waals surface area contributed by atoms with Gasteiger partial charge in [-0.25, -0.2) is 0 Å². The van der Waals surface area contributed by atoms with Gasteiger partial charge < -0.3 is 4.43 Å². The average molecular weight is 251 g/mol. The van der Waals surface area contributed by atoms with E-state index in [1.807, 2.05) is 0 Å². The van der Waals surface area contributed by atoms with Crippen molar-refractivity contribution in [1.29, 1.82) is 0 Å². The summed E-state index contributed by atoms with van der Waals surface area (Å²) in [4.78, 5) is 0. The summed E-state index contributed by atoms with van der Waals surface area (Å²) in [5.41, 5.74) is 0. The Kier molecular flexibility index (Phi) is 9.98. The fraction of sp³-hybridized carbons (Fsp3) is 1.00. The van der Waals surface area contributed by atoms with E-state index in [-0.39, 0.29) is 0 Å². The molecule has 0 rings (SSSR count). The predicted molar refractivity (Wildman–Crippen MR) is 71.9 cm³/mol. The normalized spacial score (nSPS) is 15.2. The van der Waals surface area contributed by atoms with Crippen LogP contribution in [0.15, 0.2) is 0 Å². The van der Waals surface area contributed by atoms with Crippen LogP contribution in [0.1, 0.15) is 58.8 Å². The highest BCUT2D eigenvalue weighted by Crippen LogP contribution is 2.21. The van der Waals surface area contributed by atoms with Crippen molar-refractivity contribution in [3.05, 3.63) is 0 Å². The van der Waals surface area contributed by atoms with E-state index in [2.05, 4.69) is 20.4 Å². The molecule has 0 saturated carbocycles. The highest BCUT2D eigenvalue weighted by molar-refractivity contribution is 7.16. The van der Waals surface area contributed by atoms with E-state index < -0.39 is 7.63 Å². The quantitative estimate of drug-likeness (QED) is 0.298. The summed E-state index contributed by atoms with van der Waals surface area (Å²) in [5.74, 6) is 0. The molecule has 0 aliphatic heterocycles. The zero-order chi connectivity index (χ0) is 11.6. The van der Waals surface area contributed by atoms with Crippen molar-refractivity contribution in [3.63, 3.8) is 0 Å². The highest BCUT2D eigenvalue weighted by Gasteiger charge is 2.24. The third-order valence-corrected chi connectivity index (χ3v) is 5.53. The molecule has 1 unspecified atom stereocenters. The zero-order valence-electron chi connectivity index (χ0n) is 10.7. The lowest BCUT2D eigenvalue weighted by molar-refractivity contribution is 0.314. The van der Waals surface area contributed by atoms with E-state index in [4.69, 9.17) is 15.5 Å². The maximum atomic E-state index is 6.37. The van der Waals surface area contributed by atoms with Gasteiger partial charge in [0.15, 0.2) is 0 Å². The van der Waals surface area contributed by atoms with Crippen molar-refractivity contribution in [1.82, 2.24) is 0 Å². The summed E-state index contributed by atoms with van der Waals surface area (Å²) in [5, 5.41) is 0. The first-order chi connectivity index (χ1) is 7.12. The van der Waals surface area contributed by atoms with Crippen molar-refractivity contribution in [2.75, 3.05) is 6.61 Å². The SMILES string of the molecule is CCCCCCCC[Si](C)(Cl)OCCC. The van der Waals surface area contributed by atoms with Crippen LogP contribution in [0.3, 0.4) is 0 Å². The number of unbranched alkanes of at least 4 members (excludes halogenated alkanes) is 5. The third kappa shape index (κ3) is 10.7. The molecule has 0 aliphatic rings. The first-order valence-corrected chi connectivity index (χ1v) is 10.1. The third-order valence-electron chi connectivity index (χ3n) is 2.58. The van der Waals surface area contributed by atoms with Gasteiger partial charge in [0.25, 0.3) is 7.63 Å². The summed E-state index contributed by atoms with van der Waals surface area (Å²) >= 11 is 6.37. The van der Waals surface area contributed by atoms with Crippen LogP contribution >= 0.6 is 11.1 Å². The maximum Gasteiger partial charge on any atom is 0.286 e. The number of rotatable bonds is 10. The predicted octanol–water partition coefficient (Wildman–Crippen LogP) is 5.08. The molecule has 0 aromatic carbocycles. The Hall–Kier alpha value is 0.467. The topological polar surface area (TPSA) is 9.23 Å². The summed E-state index contributed by atoms with van der Waals surface area (Å²) in [6.07, 6.45) is 9.09. The van der Waals surface area contributed by atoms with Gasteiger partial charge >= 0.3 is 0 Å². The minimum absolute atomic E-state index is 0.835. The molecule has 0 heterocycles. The highest BCUT2D eigenvalue weighted by atomic mass is 35.6. The first kappa shape index (κ1) is 15.5. The van der Waals surface area contributed by atoms with Crippen molar-refractivity contribution in [2.45, 2.75) is 71.4 Å². The molecule has 92 valence electrons. The Morgan fingerprint density at radius 1 is 0.933 bits per heavy atom. The maximum absolute atomic E-state index is 6.37. The zero-order valence-corrected chi connectivity index (χ0v) is 12.4. The number of halogens is 1. The Labute approximate surface area is 101 Å². The van der Waals surface area contributed by atoms with E-state index in [0.717, 1.165) is 19.1 Å². The van der Waals surface area contributed by atoms with Crippen LogP contribution in [0.4, 0.5) is 0 Å². The molecule has 0 spiro atoms. The fourth-order valence-corrected chi connectivity index (χ4v) is 3.90. The Bertz CT molecular complexity index is 140. The minimum atomic E-state index is -1.82. The molecule has 1 atom stereocenters. The lowest BCUT2D eigenvalue weighted by Crippen LogP contribution is -2.27. The fourth-order valence-electron chi connectivity index (χ4n) is 1.61. The van der Waals surface area contributed by atoms with Crippen LogP contribution in [-0.4, -0.2) is 14.2 Å². The van der Waals surface area contributed by atoms with Gasteiger partial charge in [-0.3, -0.25) is 0 Å². The molecule has 0 aliphatic carbocycles. The van der Waals surface area contributed by atoms with E-state index in [1.54, 1.807) is 0 Å². The number of hydrogen-bond donors (Lipinski definition) is 0. The standard InChI is InChI=1S/C12H27ClOSi/c1-4-6-7-8-9-10-12-15(3,13)14-11-5-2/h4-12H2,1-3H3. The van der Waals surface area contributed by atoms with Crippen molar-refractivity contribution in [2.24, 2.45) is 0 Å². The first-order valence-electron chi connectivity index (χ1n) is 6.45. The van der Waals surface area contributed by atoms with Gasteiger partial charge in [0.2, 0.25) is 0 Å². The summed E-state index contributed by atoms with van der Waals surface area (Å²) in [6.45, 7) is 7.34. The Balaban J connectivity index is 3.32. The van der Waals surface area contributed by atoms with E-state index >= 15 is 0 Å². The molecule has 15 heavy (non-hydrogen) atoms. The molecule has 0 fully saturated rings. The van der Waals surface area contributed by atoms with Gasteiger partial charge in [-0.15, -0.1) is 11.1 Å². The van der Waals surface area contributed by atoms with Crippen LogP contribution in [-0.2, 0) is 4.43 Å². The lowest BCUT2D eigenvalue weighted by Gasteiger charge is -2.19. The molecule has 0 aromatic rings. The molecule has 0 radical (unpaired) electrons. The minimum Gasteiger partial charge on any atom is -0.403 e. The van der Waals surface area contributed by atoms with Crippen LogP contribution in [0.2, 0.25) is 12.6 Å². The summed E-state index contributed by atoms with van der Waals surface area (Å²) in [7, 11) is -1.82. The molecule has 0 bridgehead atoms. The molecular weight excluding hydrogens is 224 g/mol. The molecule has 1 nitrogen and oxygen atoms in total. The van der Waals surface area contributed by atoms with Gasteiger partial charge in [0.1, 0.15) is 0 Å². The molecule has 0 amide bonds. The molecule has 0 saturated heterocycles. The van der Waals surface area contributed by atoms with E-state index in [0.29, 0.717) is 0 Å². The van der Waals surface area contributed by atoms with Crippen molar-refractivity contribution in [3.8, 4) is 0 Å². The van der Waals surface area contributed by atoms with Gasteiger partial charge in [0.05, 0.1) is 0 Å². The van der Waals surface area contributed by atoms with Gasteiger partial charge in [-0.2, -0.15) is 0 Å². The van der Waals surface area contributed by atoms with Crippen LogP contribution < -0.4 is 0 Å². The monoisotopic (exact) mass is 250 g/mol. The molecule has 0 aromatic heterocycles. The smallest absolute Gasteiger partial charge is 0.286 e. The molecule has 0 N–H and O–H groups in total. The van der Waals surface area contributed by atoms with Gasteiger partial charge in [-0.05, 0) is 19.0 Å². The second kappa shape index (κ2) is 9.68. The second-order valence-corrected chi connectivity index (χ2v) is 9.86.